The molecule has 9 heteroatoms. The predicted molar refractivity (Wildman–Crippen MR) is 127 cm³/mol. The standard InChI is InChI=1S/C22H33N3O4S2/c1-30-13-7-19(24-20(26)15-29-18-5-3-2-4-6-18)21(27)23-16-22(8-14-31-17-22)25-9-11-28-12-10-25/h2-6,19H,7-17H2,1H3,(H,23,27)(H,24,26). The third-order valence-corrected chi connectivity index (χ3v) is 7.61. The molecule has 7 nitrogen and oxygen atoms in total. The number of carbonyl (C=O) groups is 2. The van der Waals surface area contributed by atoms with Crippen molar-refractivity contribution in [3.63, 3.8) is 0 Å². The molecule has 1 aromatic rings. The number of benzene rings is 1. The number of ether oxygens (including phenoxy) is 2. The summed E-state index contributed by atoms with van der Waals surface area (Å²) in [7, 11) is 0. The largest absolute Gasteiger partial charge is 0.484 e. The highest BCUT2D eigenvalue weighted by atomic mass is 32.2. The predicted octanol–water partition coefficient (Wildman–Crippen LogP) is 1.63. The van der Waals surface area contributed by atoms with Crippen LogP contribution in [-0.4, -0.2) is 91.3 Å². The number of rotatable bonds is 11. The molecule has 1 aromatic carbocycles. The van der Waals surface area contributed by atoms with Crippen LogP contribution in [0.3, 0.4) is 0 Å². The average molecular weight is 468 g/mol. The number of carbonyl (C=O) groups excluding carboxylic acids is 2. The first kappa shape index (κ1) is 24.2. The summed E-state index contributed by atoms with van der Waals surface area (Å²) in [6, 6.07) is 8.64. The van der Waals surface area contributed by atoms with Gasteiger partial charge in [-0.2, -0.15) is 23.5 Å². The van der Waals surface area contributed by atoms with Crippen LogP contribution in [0.2, 0.25) is 0 Å². The fourth-order valence-electron chi connectivity index (χ4n) is 3.92. The Morgan fingerprint density at radius 3 is 2.74 bits per heavy atom. The van der Waals surface area contributed by atoms with Crippen molar-refractivity contribution < 1.29 is 19.1 Å². The van der Waals surface area contributed by atoms with Gasteiger partial charge >= 0.3 is 0 Å². The van der Waals surface area contributed by atoms with E-state index in [1.54, 1.807) is 23.9 Å². The number of nitrogens with zero attached hydrogens (tertiary/aromatic N) is 1. The normalized spacial score (nSPS) is 22.6. The van der Waals surface area contributed by atoms with E-state index in [0.29, 0.717) is 18.7 Å². The number of thioether (sulfide) groups is 2. The summed E-state index contributed by atoms with van der Waals surface area (Å²) < 4.78 is 11.0. The highest BCUT2D eigenvalue weighted by molar-refractivity contribution is 7.99. The first-order chi connectivity index (χ1) is 15.1. The molecule has 2 amide bonds. The molecular weight excluding hydrogens is 434 g/mol. The molecule has 3 rings (SSSR count). The molecule has 2 heterocycles. The Morgan fingerprint density at radius 1 is 1.29 bits per heavy atom. The van der Waals surface area contributed by atoms with Crippen molar-refractivity contribution in [3.05, 3.63) is 30.3 Å². The van der Waals surface area contributed by atoms with Crippen molar-refractivity contribution in [3.8, 4) is 5.75 Å². The van der Waals surface area contributed by atoms with Gasteiger partial charge in [0.25, 0.3) is 5.91 Å². The fourth-order valence-corrected chi connectivity index (χ4v) is 5.86. The fraction of sp³-hybridized carbons (Fsp3) is 0.636. The van der Waals surface area contributed by atoms with Crippen LogP contribution < -0.4 is 15.4 Å². The lowest BCUT2D eigenvalue weighted by atomic mass is 9.95. The summed E-state index contributed by atoms with van der Waals surface area (Å²) in [4.78, 5) is 27.9. The molecule has 31 heavy (non-hydrogen) atoms. The van der Waals surface area contributed by atoms with E-state index in [1.165, 1.54) is 0 Å². The lowest BCUT2D eigenvalue weighted by Crippen LogP contribution is -2.60. The zero-order chi connectivity index (χ0) is 21.9. The number of nitrogens with one attached hydrogen (secondary N) is 2. The SMILES string of the molecule is CSCCC(NC(=O)COc1ccccc1)C(=O)NCC1(N2CCOCC2)CCSC1. The minimum Gasteiger partial charge on any atom is -0.484 e. The molecule has 0 aliphatic carbocycles. The van der Waals surface area contributed by atoms with Gasteiger partial charge in [-0.05, 0) is 42.7 Å². The van der Waals surface area contributed by atoms with Crippen LogP contribution in [0.25, 0.3) is 0 Å². The van der Waals surface area contributed by atoms with Gasteiger partial charge in [0, 0.05) is 30.9 Å². The zero-order valence-corrected chi connectivity index (χ0v) is 19.8. The molecule has 0 radical (unpaired) electrons. The quantitative estimate of drug-likeness (QED) is 0.512. The zero-order valence-electron chi connectivity index (χ0n) is 18.1. The summed E-state index contributed by atoms with van der Waals surface area (Å²) in [5, 5.41) is 6.01. The summed E-state index contributed by atoms with van der Waals surface area (Å²) in [6.07, 6.45) is 3.65. The Morgan fingerprint density at radius 2 is 2.06 bits per heavy atom. The second kappa shape index (κ2) is 12.6. The van der Waals surface area contributed by atoms with Gasteiger partial charge in [0.1, 0.15) is 11.8 Å². The maximum Gasteiger partial charge on any atom is 0.258 e. The smallest absolute Gasteiger partial charge is 0.258 e. The van der Waals surface area contributed by atoms with Crippen LogP contribution in [0.4, 0.5) is 0 Å². The maximum atomic E-state index is 13.0. The van der Waals surface area contributed by atoms with Gasteiger partial charge in [0.05, 0.1) is 13.2 Å². The van der Waals surface area contributed by atoms with Gasteiger partial charge in [0.2, 0.25) is 5.91 Å². The van der Waals surface area contributed by atoms with Crippen LogP contribution in [-0.2, 0) is 14.3 Å². The van der Waals surface area contributed by atoms with E-state index >= 15 is 0 Å². The molecule has 0 spiro atoms. The maximum absolute atomic E-state index is 13.0. The van der Waals surface area contributed by atoms with Crippen LogP contribution in [0, 0.1) is 0 Å². The van der Waals surface area contributed by atoms with E-state index in [9.17, 15) is 9.59 Å². The van der Waals surface area contributed by atoms with Gasteiger partial charge in [-0.1, -0.05) is 18.2 Å². The molecule has 2 aliphatic rings. The van der Waals surface area contributed by atoms with Crippen LogP contribution in [0.15, 0.2) is 30.3 Å². The first-order valence-electron chi connectivity index (χ1n) is 10.8. The molecule has 2 aliphatic heterocycles. The van der Waals surface area contributed by atoms with Crippen molar-refractivity contribution in [1.82, 2.24) is 15.5 Å². The summed E-state index contributed by atoms with van der Waals surface area (Å²) in [5.41, 5.74) is -0.0193. The first-order valence-corrected chi connectivity index (χ1v) is 13.3. The molecule has 2 unspecified atom stereocenters. The molecule has 2 N–H and O–H groups in total. The number of morpholine rings is 1. The Hall–Kier alpha value is -1.42. The summed E-state index contributed by atoms with van der Waals surface area (Å²) >= 11 is 3.60. The summed E-state index contributed by atoms with van der Waals surface area (Å²) in [5.74, 6) is 3.14. The highest BCUT2D eigenvalue weighted by Gasteiger charge is 2.41. The molecule has 2 atom stereocenters. The van der Waals surface area contributed by atoms with Gasteiger partial charge < -0.3 is 20.1 Å². The Labute approximate surface area is 193 Å². The molecular formula is C22H33N3O4S2. The van der Waals surface area contributed by atoms with Crippen molar-refractivity contribution >= 4 is 35.3 Å². The third kappa shape index (κ3) is 7.30. The van der Waals surface area contributed by atoms with E-state index in [2.05, 4.69) is 15.5 Å². The Kier molecular flexibility index (Phi) is 9.83. The van der Waals surface area contributed by atoms with Crippen LogP contribution in [0.5, 0.6) is 5.75 Å². The third-order valence-electron chi connectivity index (χ3n) is 5.73. The molecule has 172 valence electrons. The lowest BCUT2D eigenvalue weighted by Gasteiger charge is -2.43. The minimum absolute atomic E-state index is 0.0193. The second-order valence-corrected chi connectivity index (χ2v) is 9.94. The van der Waals surface area contributed by atoms with E-state index in [4.69, 9.17) is 9.47 Å². The van der Waals surface area contributed by atoms with E-state index in [0.717, 1.165) is 50.0 Å². The van der Waals surface area contributed by atoms with E-state index in [-0.39, 0.29) is 24.0 Å². The van der Waals surface area contributed by atoms with Gasteiger partial charge in [-0.25, -0.2) is 0 Å². The van der Waals surface area contributed by atoms with Crippen LogP contribution >= 0.6 is 23.5 Å². The summed E-state index contributed by atoms with van der Waals surface area (Å²) in [6.45, 7) is 3.79. The van der Waals surface area contributed by atoms with Crippen molar-refractivity contribution in [2.24, 2.45) is 0 Å². The Balaban J connectivity index is 1.53. The number of para-hydroxylation sites is 1. The molecule has 0 bridgehead atoms. The topological polar surface area (TPSA) is 79.9 Å². The number of hydrogen-bond acceptors (Lipinski definition) is 7. The average Bonchev–Trinajstić information content (AvgIpc) is 3.30. The Bertz CT molecular complexity index is 695. The molecule has 2 fully saturated rings. The van der Waals surface area contributed by atoms with Gasteiger partial charge in [-0.3, -0.25) is 14.5 Å². The van der Waals surface area contributed by atoms with Crippen LogP contribution in [0.1, 0.15) is 12.8 Å². The lowest BCUT2D eigenvalue weighted by molar-refractivity contribution is -0.130. The van der Waals surface area contributed by atoms with E-state index < -0.39 is 6.04 Å². The van der Waals surface area contributed by atoms with Gasteiger partial charge in [0.15, 0.2) is 6.61 Å². The van der Waals surface area contributed by atoms with Crippen molar-refractivity contribution in [2.45, 2.75) is 24.4 Å². The van der Waals surface area contributed by atoms with Crippen molar-refractivity contribution in [2.75, 3.05) is 63.0 Å². The van der Waals surface area contributed by atoms with E-state index in [1.807, 2.05) is 36.2 Å². The molecule has 2 saturated heterocycles. The minimum atomic E-state index is -0.560. The molecule has 0 aromatic heterocycles. The number of hydrogen-bond donors (Lipinski definition) is 2. The second-order valence-electron chi connectivity index (χ2n) is 7.85. The van der Waals surface area contributed by atoms with Crippen molar-refractivity contribution in [1.29, 1.82) is 0 Å². The highest BCUT2D eigenvalue weighted by Crippen LogP contribution is 2.33. The van der Waals surface area contributed by atoms with Gasteiger partial charge in [-0.15, -0.1) is 0 Å². The number of amides is 2. The molecule has 0 saturated carbocycles. The monoisotopic (exact) mass is 467 g/mol.